The quantitative estimate of drug-likeness (QED) is 0.0360. The molecule has 0 heterocycles. The van der Waals surface area contributed by atoms with Crippen LogP contribution in [0.1, 0.15) is 227 Å². The molecule has 0 amide bonds. The molecule has 268 valence electrons. The number of unbranched alkanes of at least 4 members (excludes halogenated alkanes) is 28. The number of rotatable bonds is 32. The maximum atomic E-state index is 12.0. The molecule has 47 heavy (non-hydrogen) atoms. The normalized spacial score (nSPS) is 10.6. The van der Waals surface area contributed by atoms with Gasteiger partial charge in [0.05, 0.1) is 17.7 Å². The van der Waals surface area contributed by atoms with E-state index < -0.39 is 11.9 Å². The Morgan fingerprint density at radius 2 is 0.809 bits per heavy atom. The minimum atomic E-state index is -1.11. The smallest absolute Gasteiger partial charge is 0.478 e. The molecular weight excluding hydrogens is 591 g/mol. The van der Waals surface area contributed by atoms with E-state index in [1.807, 2.05) is 0 Å². The second kappa shape index (κ2) is 39.6. The third kappa shape index (κ3) is 33.4. The van der Waals surface area contributed by atoms with Crippen LogP contribution in [0.4, 0.5) is 0 Å². The number of hydrogen-bond donors (Lipinski definition) is 1. The summed E-state index contributed by atoms with van der Waals surface area (Å²) in [5.41, 5.74) is 0.121. The van der Waals surface area contributed by atoms with Crippen molar-refractivity contribution in [1.82, 2.24) is 0 Å². The van der Waals surface area contributed by atoms with Gasteiger partial charge in [-0.15, -0.1) is 0 Å². The maximum absolute atomic E-state index is 12.0. The second-order valence-electron chi connectivity index (χ2n) is 13.4. The topological polar surface area (TPSA) is 63.6 Å². The zero-order chi connectivity index (χ0) is 33.8. The molecule has 4 nitrogen and oxygen atoms in total. The van der Waals surface area contributed by atoms with Crippen LogP contribution in [0.2, 0.25) is 0 Å². The van der Waals surface area contributed by atoms with Gasteiger partial charge in [0.1, 0.15) is 0 Å². The van der Waals surface area contributed by atoms with Crippen LogP contribution in [0.3, 0.4) is 0 Å². The van der Waals surface area contributed by atoms with Gasteiger partial charge in [0.25, 0.3) is 0 Å². The van der Waals surface area contributed by atoms with Crippen molar-refractivity contribution in [3.63, 3.8) is 0 Å². The van der Waals surface area contributed by atoms with Crippen LogP contribution in [0, 0.1) is 6.92 Å². The first-order chi connectivity index (χ1) is 22.6. The van der Waals surface area contributed by atoms with Crippen LogP contribution in [0.15, 0.2) is 24.3 Å². The number of carboxylic acid groups (broad SMARTS) is 1. The molecule has 0 unspecified atom stereocenters. The average molecular weight is 667 g/mol. The number of carbonyl (C=O) groups is 2. The summed E-state index contributed by atoms with van der Waals surface area (Å²) in [4.78, 5) is 23.2. The molecule has 1 aromatic carbocycles. The van der Waals surface area contributed by atoms with Gasteiger partial charge in [-0.2, -0.15) is 6.42 Å². The average Bonchev–Trinajstić information content (AvgIpc) is 3.07. The summed E-state index contributed by atoms with van der Waals surface area (Å²) in [7, 11) is 0. The van der Waals surface area contributed by atoms with Gasteiger partial charge in [0, 0.05) is 0 Å². The van der Waals surface area contributed by atoms with Crippen molar-refractivity contribution >= 4 is 11.9 Å². The number of benzene rings is 1. The summed E-state index contributed by atoms with van der Waals surface area (Å²) >= 11 is 0. The van der Waals surface area contributed by atoms with E-state index in [2.05, 4.69) is 20.8 Å². The summed E-state index contributed by atoms with van der Waals surface area (Å²) < 4.78 is 5.24. The zero-order valence-electron chi connectivity index (χ0n) is 31.6. The fraction of sp³-hybridized carbons (Fsp3) is 0.786. The van der Waals surface area contributed by atoms with Crippen molar-refractivity contribution < 1.29 is 49.0 Å². The van der Waals surface area contributed by atoms with Crippen LogP contribution in [-0.2, 0) is 4.74 Å². The number of ether oxygens (including phenoxy) is 1. The molecule has 0 aromatic heterocycles. The van der Waals surface area contributed by atoms with Crippen molar-refractivity contribution in [3.8, 4) is 0 Å². The summed E-state index contributed by atoms with van der Waals surface area (Å²) in [5, 5.41) is 9.13. The zero-order valence-corrected chi connectivity index (χ0v) is 33.6. The Hall–Kier alpha value is -0.840. The fourth-order valence-electron chi connectivity index (χ4n) is 5.93. The molecule has 1 aromatic rings. The van der Waals surface area contributed by atoms with Crippen LogP contribution < -0.4 is 29.6 Å². The first-order valence-electron chi connectivity index (χ1n) is 19.9. The van der Waals surface area contributed by atoms with Crippen molar-refractivity contribution in [2.45, 2.75) is 206 Å². The molecule has 0 aliphatic rings. The number of hydrogen-bond acceptors (Lipinski definition) is 3. The summed E-state index contributed by atoms with van der Waals surface area (Å²) in [5.74, 6) is -1.65. The summed E-state index contributed by atoms with van der Waals surface area (Å²) in [6, 6.07) is 6.18. The van der Waals surface area contributed by atoms with Gasteiger partial charge in [-0.3, -0.25) is 0 Å². The molecule has 0 aliphatic heterocycles. The van der Waals surface area contributed by atoms with Gasteiger partial charge in [-0.1, -0.05) is 206 Å². The van der Waals surface area contributed by atoms with Crippen LogP contribution in [0.5, 0.6) is 0 Å². The number of carbonyl (C=O) groups excluding carboxylic acids is 1. The summed E-state index contributed by atoms with van der Waals surface area (Å²) in [6.07, 6.45) is 40.7. The largest absolute Gasteiger partial charge is 1.00 e. The van der Waals surface area contributed by atoms with E-state index >= 15 is 0 Å². The van der Waals surface area contributed by atoms with Gasteiger partial charge in [-0.25, -0.2) is 9.59 Å². The maximum Gasteiger partial charge on any atom is 1.00 e. The van der Waals surface area contributed by atoms with Crippen molar-refractivity contribution in [1.29, 1.82) is 0 Å². The van der Waals surface area contributed by atoms with E-state index in [-0.39, 0.29) is 40.7 Å². The van der Waals surface area contributed by atoms with E-state index in [1.54, 1.807) is 12.1 Å². The van der Waals surface area contributed by atoms with E-state index in [1.165, 1.54) is 185 Å². The second-order valence-corrected chi connectivity index (χ2v) is 13.4. The Balaban J connectivity index is 0. The van der Waals surface area contributed by atoms with E-state index in [4.69, 9.17) is 9.84 Å². The molecule has 0 atom stereocenters. The molecule has 0 saturated carbocycles. The van der Waals surface area contributed by atoms with E-state index in [9.17, 15) is 9.59 Å². The predicted octanol–water partition coefficient (Wildman–Crippen LogP) is 11.1. The van der Waals surface area contributed by atoms with Crippen LogP contribution in [-0.4, -0.2) is 23.7 Å². The molecule has 5 heteroatoms. The van der Waals surface area contributed by atoms with Crippen LogP contribution >= 0.6 is 0 Å². The third-order valence-electron chi connectivity index (χ3n) is 8.96. The Kier molecular flexibility index (Phi) is 40.7. The molecule has 1 rings (SSSR count). The van der Waals surface area contributed by atoms with Gasteiger partial charge in [-0.05, 0) is 18.6 Å². The number of esters is 1. The number of carboxylic acids is 1. The first kappa shape index (κ1) is 48.3. The third-order valence-corrected chi connectivity index (χ3v) is 8.96. The molecule has 0 fully saturated rings. The molecule has 0 saturated heterocycles. The molecule has 0 spiro atoms. The Labute approximate surface area is 314 Å². The Morgan fingerprint density at radius 1 is 0.511 bits per heavy atom. The molecule has 0 radical (unpaired) electrons. The van der Waals surface area contributed by atoms with Gasteiger partial charge in [0.2, 0.25) is 0 Å². The summed E-state index contributed by atoms with van der Waals surface area (Å²) in [6.45, 7) is 8.78. The molecular formula is C42H75NaO4. The Bertz CT molecular complexity index is 783. The molecule has 1 N–H and O–H groups in total. The minimum absolute atomic E-state index is 0. The monoisotopic (exact) mass is 667 g/mol. The van der Waals surface area contributed by atoms with Crippen molar-refractivity contribution in [2.75, 3.05) is 6.61 Å². The van der Waals surface area contributed by atoms with Gasteiger partial charge in [0.15, 0.2) is 0 Å². The van der Waals surface area contributed by atoms with E-state index in [0.717, 1.165) is 19.3 Å². The SMILES string of the molecule is CCCCCCCCCCCCCCCCCCOC(=O)c1ccccc1C(=O)O.[CH2-]CCCCCCCCCCCCCCC.[Na+]. The first-order valence-corrected chi connectivity index (χ1v) is 19.9. The predicted molar refractivity (Wildman–Crippen MR) is 199 cm³/mol. The standard InChI is InChI=1S/C26H42O4.C16H33.Na/c1-2-3-4-5-6-7-8-9-10-11-12-13-14-15-16-19-22-30-26(29)24-21-18-17-20-23(24)25(27)28;1-3-5-7-9-11-13-15-16-14-12-10-8-6-4-2;/h17-18,20-21H,2-16,19,22H2,1H3,(H,27,28);1,3-16H2,2H3;/q;-1;+1. The van der Waals surface area contributed by atoms with Crippen LogP contribution in [0.25, 0.3) is 0 Å². The fourth-order valence-corrected chi connectivity index (χ4v) is 5.93. The van der Waals surface area contributed by atoms with Gasteiger partial charge < -0.3 is 16.8 Å². The molecule has 0 bridgehead atoms. The van der Waals surface area contributed by atoms with Gasteiger partial charge >= 0.3 is 41.5 Å². The van der Waals surface area contributed by atoms with Crippen molar-refractivity contribution in [3.05, 3.63) is 42.3 Å². The number of aromatic carboxylic acids is 1. The van der Waals surface area contributed by atoms with Crippen molar-refractivity contribution in [2.24, 2.45) is 0 Å². The Morgan fingerprint density at radius 3 is 1.13 bits per heavy atom. The molecule has 0 aliphatic carbocycles. The minimum Gasteiger partial charge on any atom is -0.478 e. The van der Waals surface area contributed by atoms with E-state index in [0.29, 0.717) is 6.61 Å².